The van der Waals surface area contributed by atoms with E-state index in [9.17, 15) is 8.42 Å². The van der Waals surface area contributed by atoms with Crippen molar-refractivity contribution in [1.82, 2.24) is 4.72 Å². The van der Waals surface area contributed by atoms with Gasteiger partial charge in [-0.3, -0.25) is 0 Å². The predicted molar refractivity (Wildman–Crippen MR) is 81.5 cm³/mol. The lowest BCUT2D eigenvalue weighted by atomic mass is 10.0. The third kappa shape index (κ3) is 5.04. The van der Waals surface area contributed by atoms with Crippen molar-refractivity contribution in [2.45, 2.75) is 18.6 Å². The Morgan fingerprint density at radius 1 is 1.32 bits per heavy atom. The molecule has 0 atom stereocenters. The number of nitrogens with two attached hydrogens (primary N) is 1. The summed E-state index contributed by atoms with van der Waals surface area (Å²) in [6.45, 7) is 0.561. The summed E-state index contributed by atoms with van der Waals surface area (Å²) in [4.78, 5) is 0. The standard InChI is InChI=1S/C13H20N2O2S2/c14-13-3-1-2-12(8-13)10-19(16,17)15-9-11-4-6-18-7-5-11/h1-3,8,11,15H,4-7,9-10,14H2. The molecule has 106 valence electrons. The maximum atomic E-state index is 12.0. The fraction of sp³-hybridized carbons (Fsp3) is 0.538. The topological polar surface area (TPSA) is 72.2 Å². The average molecular weight is 300 g/mol. The highest BCUT2D eigenvalue weighted by molar-refractivity contribution is 7.99. The van der Waals surface area contributed by atoms with Gasteiger partial charge in [0.1, 0.15) is 0 Å². The van der Waals surface area contributed by atoms with E-state index in [1.165, 1.54) is 0 Å². The van der Waals surface area contributed by atoms with Crippen LogP contribution in [0.15, 0.2) is 24.3 Å². The Balaban J connectivity index is 1.87. The van der Waals surface area contributed by atoms with Crippen molar-refractivity contribution in [2.24, 2.45) is 5.92 Å². The van der Waals surface area contributed by atoms with Crippen LogP contribution in [0.3, 0.4) is 0 Å². The molecule has 19 heavy (non-hydrogen) atoms. The Labute approximate surface area is 119 Å². The quantitative estimate of drug-likeness (QED) is 0.814. The predicted octanol–water partition coefficient (Wildman–Crippen LogP) is 1.83. The first-order chi connectivity index (χ1) is 9.05. The van der Waals surface area contributed by atoms with E-state index in [4.69, 9.17) is 5.73 Å². The van der Waals surface area contributed by atoms with Crippen molar-refractivity contribution in [3.05, 3.63) is 29.8 Å². The van der Waals surface area contributed by atoms with Crippen molar-refractivity contribution >= 4 is 27.5 Å². The Morgan fingerprint density at radius 2 is 2.05 bits per heavy atom. The number of nitrogens with one attached hydrogen (secondary N) is 1. The molecular formula is C13H20N2O2S2. The van der Waals surface area contributed by atoms with Crippen LogP contribution in [0, 0.1) is 5.92 Å². The van der Waals surface area contributed by atoms with Gasteiger partial charge < -0.3 is 5.73 Å². The second kappa shape index (κ2) is 6.63. The molecule has 0 radical (unpaired) electrons. The van der Waals surface area contributed by atoms with Gasteiger partial charge in [0.15, 0.2) is 0 Å². The van der Waals surface area contributed by atoms with E-state index in [1.807, 2.05) is 11.8 Å². The summed E-state index contributed by atoms with van der Waals surface area (Å²) >= 11 is 1.95. The molecular weight excluding hydrogens is 280 g/mol. The van der Waals surface area contributed by atoms with E-state index in [1.54, 1.807) is 24.3 Å². The summed E-state index contributed by atoms with van der Waals surface area (Å²) in [5, 5.41) is 0. The second-order valence-electron chi connectivity index (χ2n) is 4.91. The van der Waals surface area contributed by atoms with Crippen LogP contribution in [-0.2, 0) is 15.8 Å². The Morgan fingerprint density at radius 3 is 2.74 bits per heavy atom. The molecule has 0 saturated carbocycles. The Kier molecular flexibility index (Phi) is 5.13. The summed E-state index contributed by atoms with van der Waals surface area (Å²) in [6, 6.07) is 7.02. The fourth-order valence-electron chi connectivity index (χ4n) is 2.15. The van der Waals surface area contributed by atoms with Crippen LogP contribution in [0.5, 0.6) is 0 Å². The molecule has 0 aliphatic carbocycles. The van der Waals surface area contributed by atoms with Crippen molar-refractivity contribution in [3.8, 4) is 0 Å². The molecule has 0 aromatic heterocycles. The molecule has 1 aliphatic heterocycles. The normalized spacial score (nSPS) is 17.5. The summed E-state index contributed by atoms with van der Waals surface area (Å²) in [5.74, 6) is 2.76. The molecule has 4 nitrogen and oxygen atoms in total. The first kappa shape index (κ1) is 14.7. The molecule has 3 N–H and O–H groups in total. The molecule has 1 fully saturated rings. The van der Waals surface area contributed by atoms with E-state index in [0.717, 1.165) is 29.9 Å². The molecule has 1 aromatic carbocycles. The van der Waals surface area contributed by atoms with Gasteiger partial charge in [-0.25, -0.2) is 13.1 Å². The zero-order valence-electron chi connectivity index (χ0n) is 10.8. The zero-order valence-corrected chi connectivity index (χ0v) is 12.5. The largest absolute Gasteiger partial charge is 0.399 e. The first-order valence-corrected chi connectivity index (χ1v) is 9.25. The average Bonchev–Trinajstić information content (AvgIpc) is 2.37. The molecule has 1 heterocycles. The maximum absolute atomic E-state index is 12.0. The third-order valence-corrected chi connectivity index (χ3v) is 5.61. The number of rotatable bonds is 5. The zero-order chi connectivity index (χ0) is 13.7. The third-order valence-electron chi connectivity index (χ3n) is 3.24. The summed E-state index contributed by atoms with van der Waals surface area (Å²) < 4.78 is 26.7. The van der Waals surface area contributed by atoms with E-state index >= 15 is 0 Å². The van der Waals surface area contributed by atoms with Crippen molar-refractivity contribution in [2.75, 3.05) is 23.8 Å². The molecule has 0 amide bonds. The summed E-state index contributed by atoms with van der Waals surface area (Å²) in [7, 11) is -3.26. The Hall–Kier alpha value is -0.720. The van der Waals surface area contributed by atoms with Crippen LogP contribution >= 0.6 is 11.8 Å². The van der Waals surface area contributed by atoms with Gasteiger partial charge in [-0.15, -0.1) is 0 Å². The van der Waals surface area contributed by atoms with Crippen LogP contribution < -0.4 is 10.5 Å². The van der Waals surface area contributed by atoms with Crippen molar-refractivity contribution < 1.29 is 8.42 Å². The number of nitrogen functional groups attached to an aromatic ring is 1. The van der Waals surface area contributed by atoms with Crippen LogP contribution in [0.4, 0.5) is 5.69 Å². The lowest BCUT2D eigenvalue weighted by molar-refractivity contribution is 0.476. The number of sulfonamides is 1. The molecule has 0 bridgehead atoms. The lowest BCUT2D eigenvalue weighted by Crippen LogP contribution is -2.31. The highest BCUT2D eigenvalue weighted by atomic mass is 32.2. The van der Waals surface area contributed by atoms with Gasteiger partial charge in [-0.2, -0.15) is 11.8 Å². The monoisotopic (exact) mass is 300 g/mol. The highest BCUT2D eigenvalue weighted by Gasteiger charge is 2.17. The molecule has 2 rings (SSSR count). The van der Waals surface area contributed by atoms with Crippen LogP contribution in [0.1, 0.15) is 18.4 Å². The van der Waals surface area contributed by atoms with Gasteiger partial charge in [0.05, 0.1) is 5.75 Å². The number of hydrogen-bond donors (Lipinski definition) is 2. The Bertz CT molecular complexity index is 511. The molecule has 1 aliphatic rings. The van der Waals surface area contributed by atoms with Gasteiger partial charge in [0.2, 0.25) is 10.0 Å². The summed E-state index contributed by atoms with van der Waals surface area (Å²) in [5.41, 5.74) is 6.97. The molecule has 0 unspecified atom stereocenters. The van der Waals surface area contributed by atoms with Gasteiger partial charge in [0, 0.05) is 12.2 Å². The number of thioether (sulfide) groups is 1. The molecule has 1 saturated heterocycles. The fourth-order valence-corrected chi connectivity index (χ4v) is 4.56. The van der Waals surface area contributed by atoms with Crippen LogP contribution in [0.2, 0.25) is 0 Å². The van der Waals surface area contributed by atoms with Gasteiger partial charge in [-0.1, -0.05) is 12.1 Å². The minimum absolute atomic E-state index is 0.000486. The van der Waals surface area contributed by atoms with Crippen LogP contribution in [-0.4, -0.2) is 26.5 Å². The van der Waals surface area contributed by atoms with E-state index in [2.05, 4.69) is 4.72 Å². The molecule has 0 spiro atoms. The van der Waals surface area contributed by atoms with E-state index in [0.29, 0.717) is 18.2 Å². The number of hydrogen-bond acceptors (Lipinski definition) is 4. The van der Waals surface area contributed by atoms with E-state index in [-0.39, 0.29) is 5.75 Å². The van der Waals surface area contributed by atoms with Crippen LogP contribution in [0.25, 0.3) is 0 Å². The lowest BCUT2D eigenvalue weighted by Gasteiger charge is -2.21. The maximum Gasteiger partial charge on any atom is 0.215 e. The summed E-state index contributed by atoms with van der Waals surface area (Å²) in [6.07, 6.45) is 2.21. The van der Waals surface area contributed by atoms with Gasteiger partial charge in [0.25, 0.3) is 0 Å². The number of benzene rings is 1. The minimum atomic E-state index is -3.26. The first-order valence-electron chi connectivity index (χ1n) is 6.45. The number of anilines is 1. The van der Waals surface area contributed by atoms with Crippen molar-refractivity contribution in [1.29, 1.82) is 0 Å². The molecule has 1 aromatic rings. The smallest absolute Gasteiger partial charge is 0.215 e. The molecule has 6 heteroatoms. The van der Waals surface area contributed by atoms with Crippen molar-refractivity contribution in [3.63, 3.8) is 0 Å². The van der Waals surface area contributed by atoms with Gasteiger partial charge in [-0.05, 0) is 48.0 Å². The minimum Gasteiger partial charge on any atom is -0.399 e. The van der Waals surface area contributed by atoms with E-state index < -0.39 is 10.0 Å². The highest BCUT2D eigenvalue weighted by Crippen LogP contribution is 2.22. The van der Waals surface area contributed by atoms with Gasteiger partial charge >= 0.3 is 0 Å². The SMILES string of the molecule is Nc1cccc(CS(=O)(=O)NCC2CCSCC2)c1. The second-order valence-corrected chi connectivity index (χ2v) is 7.94.